The van der Waals surface area contributed by atoms with E-state index in [0.29, 0.717) is 5.56 Å². The minimum Gasteiger partial charge on any atom is -0.476 e. The van der Waals surface area contributed by atoms with Crippen molar-refractivity contribution in [2.24, 2.45) is 0 Å². The summed E-state index contributed by atoms with van der Waals surface area (Å²) in [6, 6.07) is 7.87. The van der Waals surface area contributed by atoms with E-state index in [4.69, 9.17) is 10.2 Å². The molecule has 0 radical (unpaired) electrons. The van der Waals surface area contributed by atoms with Crippen molar-refractivity contribution in [2.45, 2.75) is 6.42 Å². The molecule has 0 aliphatic rings. The Balaban J connectivity index is 2.08. The molecule has 0 bridgehead atoms. The van der Waals surface area contributed by atoms with Crippen LogP contribution in [0.25, 0.3) is 15.8 Å². The molecular formula is C14H12N2O3S. The summed E-state index contributed by atoms with van der Waals surface area (Å²) in [5, 5.41) is 25.3. The number of hydrogen-bond acceptors (Lipinski definition) is 4. The van der Waals surface area contributed by atoms with Crippen LogP contribution in [0.3, 0.4) is 0 Å². The molecule has 0 aliphatic carbocycles. The summed E-state index contributed by atoms with van der Waals surface area (Å²) in [5.41, 5.74) is 1.33. The van der Waals surface area contributed by atoms with Crippen LogP contribution in [0.5, 0.6) is 0 Å². The smallest absolute Gasteiger partial charge is 0.356 e. The standard InChI is InChI=1S/C14H12N2O3S/c17-5-3-10-8-16(15-13(10)14(18)19)11-1-2-12-9(7-11)4-6-20-12/h1-2,4,6-8,17H,3,5H2,(H,18,19). The Morgan fingerprint density at radius 2 is 2.20 bits per heavy atom. The molecule has 3 rings (SSSR count). The van der Waals surface area contributed by atoms with Crippen LogP contribution in [-0.4, -0.2) is 32.6 Å². The topological polar surface area (TPSA) is 75.3 Å². The summed E-state index contributed by atoms with van der Waals surface area (Å²) in [7, 11) is 0. The zero-order valence-electron chi connectivity index (χ0n) is 10.5. The Morgan fingerprint density at radius 1 is 1.35 bits per heavy atom. The average molecular weight is 288 g/mol. The molecule has 2 aromatic heterocycles. The van der Waals surface area contributed by atoms with Crippen molar-refractivity contribution in [3.05, 3.63) is 47.1 Å². The van der Waals surface area contributed by atoms with Crippen molar-refractivity contribution in [1.29, 1.82) is 0 Å². The molecule has 6 heteroatoms. The first-order chi connectivity index (χ1) is 9.69. The van der Waals surface area contributed by atoms with Crippen LogP contribution in [0.1, 0.15) is 16.1 Å². The summed E-state index contributed by atoms with van der Waals surface area (Å²) >= 11 is 1.66. The van der Waals surface area contributed by atoms with Gasteiger partial charge >= 0.3 is 5.97 Å². The van der Waals surface area contributed by atoms with E-state index in [-0.39, 0.29) is 18.7 Å². The molecule has 0 atom stereocenters. The molecule has 20 heavy (non-hydrogen) atoms. The molecule has 2 N–H and O–H groups in total. The number of hydrogen-bond donors (Lipinski definition) is 2. The fraction of sp³-hybridized carbons (Fsp3) is 0.143. The van der Waals surface area contributed by atoms with E-state index in [1.54, 1.807) is 22.2 Å². The van der Waals surface area contributed by atoms with E-state index in [0.717, 1.165) is 11.1 Å². The van der Waals surface area contributed by atoms with Gasteiger partial charge in [-0.15, -0.1) is 11.3 Å². The molecule has 0 amide bonds. The maximum Gasteiger partial charge on any atom is 0.356 e. The number of aliphatic hydroxyl groups is 1. The molecule has 2 heterocycles. The van der Waals surface area contributed by atoms with Gasteiger partial charge in [0.1, 0.15) is 0 Å². The molecule has 0 spiro atoms. The lowest BCUT2D eigenvalue weighted by Crippen LogP contribution is -2.03. The van der Waals surface area contributed by atoms with E-state index in [9.17, 15) is 4.79 Å². The maximum atomic E-state index is 11.2. The lowest BCUT2D eigenvalue weighted by Gasteiger charge is -2.00. The number of carboxylic acid groups (broad SMARTS) is 1. The zero-order chi connectivity index (χ0) is 14.1. The van der Waals surface area contributed by atoms with Gasteiger partial charge in [0.15, 0.2) is 5.69 Å². The molecule has 0 saturated carbocycles. The minimum absolute atomic E-state index is 0.00975. The third-order valence-electron chi connectivity index (χ3n) is 3.07. The number of carboxylic acids is 1. The number of thiophene rings is 1. The highest BCUT2D eigenvalue weighted by Gasteiger charge is 2.16. The van der Waals surface area contributed by atoms with Gasteiger partial charge in [-0.3, -0.25) is 0 Å². The number of aliphatic hydroxyl groups excluding tert-OH is 1. The molecule has 0 saturated heterocycles. The van der Waals surface area contributed by atoms with Crippen molar-refractivity contribution in [2.75, 3.05) is 6.61 Å². The lowest BCUT2D eigenvalue weighted by molar-refractivity contribution is 0.0688. The first-order valence-corrected chi connectivity index (χ1v) is 6.97. The van der Waals surface area contributed by atoms with Gasteiger partial charge in [-0.05, 0) is 41.5 Å². The second kappa shape index (κ2) is 5.07. The lowest BCUT2D eigenvalue weighted by atomic mass is 10.2. The summed E-state index contributed by atoms with van der Waals surface area (Å²) in [4.78, 5) is 11.2. The van der Waals surface area contributed by atoms with Gasteiger partial charge in [-0.1, -0.05) is 0 Å². The van der Waals surface area contributed by atoms with E-state index in [1.807, 2.05) is 29.6 Å². The summed E-state index contributed by atoms with van der Waals surface area (Å²) in [6.45, 7) is -0.102. The van der Waals surface area contributed by atoms with Crippen LogP contribution in [0.4, 0.5) is 0 Å². The largest absolute Gasteiger partial charge is 0.476 e. The molecule has 1 aromatic carbocycles. The molecule has 3 aromatic rings. The average Bonchev–Trinajstić information content (AvgIpc) is 3.04. The zero-order valence-corrected chi connectivity index (χ0v) is 11.3. The molecular weight excluding hydrogens is 276 g/mol. The highest BCUT2D eigenvalue weighted by atomic mass is 32.1. The van der Waals surface area contributed by atoms with Gasteiger partial charge in [0.05, 0.1) is 5.69 Å². The van der Waals surface area contributed by atoms with E-state index in [1.165, 1.54) is 4.70 Å². The van der Waals surface area contributed by atoms with Gasteiger partial charge in [0.25, 0.3) is 0 Å². The third kappa shape index (κ3) is 2.19. The van der Waals surface area contributed by atoms with Gasteiger partial charge in [0, 0.05) is 23.1 Å². The molecule has 0 unspecified atom stereocenters. The second-order valence-corrected chi connectivity index (χ2v) is 5.32. The fourth-order valence-electron chi connectivity index (χ4n) is 2.12. The fourth-order valence-corrected chi connectivity index (χ4v) is 2.89. The molecule has 0 aliphatic heterocycles. The Morgan fingerprint density at radius 3 is 2.95 bits per heavy atom. The minimum atomic E-state index is -1.08. The number of aromatic carboxylic acids is 1. The van der Waals surface area contributed by atoms with Crippen LogP contribution in [0.2, 0.25) is 0 Å². The van der Waals surface area contributed by atoms with E-state index >= 15 is 0 Å². The molecule has 102 valence electrons. The first kappa shape index (κ1) is 12.8. The SMILES string of the molecule is O=C(O)c1nn(-c2ccc3sccc3c2)cc1CCO. The van der Waals surface area contributed by atoms with Crippen LogP contribution in [0.15, 0.2) is 35.8 Å². The van der Waals surface area contributed by atoms with Gasteiger partial charge in [-0.25, -0.2) is 9.48 Å². The summed E-state index contributed by atoms with van der Waals surface area (Å²) in [6.07, 6.45) is 1.94. The highest BCUT2D eigenvalue weighted by Crippen LogP contribution is 2.24. The van der Waals surface area contributed by atoms with E-state index in [2.05, 4.69) is 5.10 Å². The molecule has 5 nitrogen and oxygen atoms in total. The van der Waals surface area contributed by atoms with Crippen LogP contribution >= 0.6 is 11.3 Å². The Labute approximate surface area is 118 Å². The predicted molar refractivity (Wildman–Crippen MR) is 76.7 cm³/mol. The van der Waals surface area contributed by atoms with Crippen molar-refractivity contribution in [3.8, 4) is 5.69 Å². The number of benzene rings is 1. The van der Waals surface area contributed by atoms with Gasteiger partial charge in [-0.2, -0.15) is 5.10 Å². The van der Waals surface area contributed by atoms with Crippen LogP contribution in [-0.2, 0) is 6.42 Å². The van der Waals surface area contributed by atoms with Crippen molar-refractivity contribution < 1.29 is 15.0 Å². The van der Waals surface area contributed by atoms with Crippen LogP contribution < -0.4 is 0 Å². The predicted octanol–water partition coefficient (Wildman–Crippen LogP) is 2.32. The normalized spacial score (nSPS) is 11.1. The molecule has 0 fully saturated rings. The Kier molecular flexibility index (Phi) is 3.25. The van der Waals surface area contributed by atoms with Crippen molar-refractivity contribution in [3.63, 3.8) is 0 Å². The maximum absolute atomic E-state index is 11.2. The highest BCUT2D eigenvalue weighted by molar-refractivity contribution is 7.17. The number of rotatable bonds is 4. The van der Waals surface area contributed by atoms with Crippen LogP contribution in [0, 0.1) is 0 Å². The first-order valence-electron chi connectivity index (χ1n) is 6.09. The number of carbonyl (C=O) groups is 1. The third-order valence-corrected chi connectivity index (χ3v) is 3.97. The Hall–Kier alpha value is -2.18. The number of aromatic nitrogens is 2. The second-order valence-electron chi connectivity index (χ2n) is 4.37. The number of nitrogens with zero attached hydrogens (tertiary/aromatic N) is 2. The quantitative estimate of drug-likeness (QED) is 0.772. The van der Waals surface area contributed by atoms with Gasteiger partial charge < -0.3 is 10.2 Å². The van der Waals surface area contributed by atoms with Gasteiger partial charge in [0.2, 0.25) is 0 Å². The summed E-state index contributed by atoms with van der Waals surface area (Å²) in [5.74, 6) is -1.08. The van der Waals surface area contributed by atoms with Crippen molar-refractivity contribution in [1.82, 2.24) is 9.78 Å². The van der Waals surface area contributed by atoms with Crippen molar-refractivity contribution >= 4 is 27.4 Å². The number of fused-ring (bicyclic) bond motifs is 1. The summed E-state index contributed by atoms with van der Waals surface area (Å²) < 4.78 is 2.72. The van der Waals surface area contributed by atoms with E-state index < -0.39 is 5.97 Å². The Bertz CT molecular complexity index is 776. The monoisotopic (exact) mass is 288 g/mol.